The monoisotopic (exact) mass is 278 g/mol. The van der Waals surface area contributed by atoms with Crippen LogP contribution < -0.4 is 5.32 Å². The van der Waals surface area contributed by atoms with Crippen molar-refractivity contribution in [3.8, 4) is 0 Å². The van der Waals surface area contributed by atoms with Gasteiger partial charge in [-0.2, -0.15) is 0 Å². The Morgan fingerprint density at radius 1 is 1.05 bits per heavy atom. The van der Waals surface area contributed by atoms with Crippen molar-refractivity contribution in [3.05, 3.63) is 66.4 Å². The van der Waals surface area contributed by atoms with Gasteiger partial charge in [-0.1, -0.05) is 18.2 Å². The van der Waals surface area contributed by atoms with Gasteiger partial charge in [-0.25, -0.2) is 0 Å². The number of ketones is 1. The SMILES string of the molecule is O=C(CO)c1ccc(Nc2cccc3cccnc23)cc1. The fourth-order valence-electron chi connectivity index (χ4n) is 2.19. The molecule has 1 aromatic heterocycles. The lowest BCUT2D eigenvalue weighted by Gasteiger charge is -2.09. The quantitative estimate of drug-likeness (QED) is 0.720. The van der Waals surface area contributed by atoms with Crippen molar-refractivity contribution < 1.29 is 9.90 Å². The number of aliphatic hydroxyl groups is 1. The zero-order valence-corrected chi connectivity index (χ0v) is 11.3. The van der Waals surface area contributed by atoms with E-state index in [4.69, 9.17) is 5.11 Å². The molecule has 4 heteroatoms. The number of fused-ring (bicyclic) bond motifs is 1. The van der Waals surface area contributed by atoms with Gasteiger partial charge in [0.15, 0.2) is 5.78 Å². The minimum absolute atomic E-state index is 0.284. The summed E-state index contributed by atoms with van der Waals surface area (Å²) in [5.74, 6) is -0.284. The van der Waals surface area contributed by atoms with Crippen molar-refractivity contribution in [3.63, 3.8) is 0 Å². The van der Waals surface area contributed by atoms with Crippen LogP contribution in [0.5, 0.6) is 0 Å². The number of hydrogen-bond acceptors (Lipinski definition) is 4. The Labute approximate surface area is 122 Å². The third-order valence-corrected chi connectivity index (χ3v) is 3.26. The predicted octanol–water partition coefficient (Wildman–Crippen LogP) is 3.15. The van der Waals surface area contributed by atoms with E-state index in [1.807, 2.05) is 42.5 Å². The normalized spacial score (nSPS) is 10.5. The average molecular weight is 278 g/mol. The average Bonchev–Trinajstić information content (AvgIpc) is 2.55. The molecular formula is C17H14N2O2. The number of pyridine rings is 1. The molecule has 4 nitrogen and oxygen atoms in total. The van der Waals surface area contributed by atoms with Gasteiger partial charge in [0.1, 0.15) is 6.61 Å². The molecule has 3 aromatic rings. The Bertz CT molecular complexity index is 777. The second-order valence-electron chi connectivity index (χ2n) is 4.66. The number of aromatic nitrogens is 1. The number of anilines is 2. The maximum atomic E-state index is 11.4. The van der Waals surface area contributed by atoms with Crippen molar-refractivity contribution in [1.29, 1.82) is 0 Å². The Morgan fingerprint density at radius 3 is 2.57 bits per heavy atom. The van der Waals surface area contributed by atoms with Crippen molar-refractivity contribution in [2.75, 3.05) is 11.9 Å². The molecule has 2 aromatic carbocycles. The topological polar surface area (TPSA) is 62.2 Å². The second kappa shape index (κ2) is 5.73. The minimum atomic E-state index is -0.472. The number of nitrogens with zero attached hydrogens (tertiary/aromatic N) is 1. The molecule has 0 amide bonds. The number of carbonyl (C=O) groups is 1. The van der Waals surface area contributed by atoms with Crippen LogP contribution in [0.4, 0.5) is 11.4 Å². The number of hydrogen-bond donors (Lipinski definition) is 2. The van der Waals surface area contributed by atoms with Crippen molar-refractivity contribution >= 4 is 28.1 Å². The molecule has 0 saturated carbocycles. The molecule has 0 aliphatic heterocycles. The molecule has 2 N–H and O–H groups in total. The number of para-hydroxylation sites is 1. The van der Waals surface area contributed by atoms with Gasteiger partial charge in [0.2, 0.25) is 0 Å². The highest BCUT2D eigenvalue weighted by atomic mass is 16.3. The van der Waals surface area contributed by atoms with E-state index in [-0.39, 0.29) is 5.78 Å². The molecule has 0 saturated heterocycles. The number of nitrogens with one attached hydrogen (secondary N) is 1. The largest absolute Gasteiger partial charge is 0.388 e. The zero-order chi connectivity index (χ0) is 14.7. The first-order chi connectivity index (χ1) is 10.3. The number of carbonyl (C=O) groups excluding carboxylic acids is 1. The summed E-state index contributed by atoms with van der Waals surface area (Å²) in [5.41, 5.74) is 3.17. The second-order valence-corrected chi connectivity index (χ2v) is 4.66. The molecule has 0 spiro atoms. The summed E-state index contributed by atoms with van der Waals surface area (Å²) in [6, 6.07) is 16.9. The summed E-state index contributed by atoms with van der Waals surface area (Å²) in [7, 11) is 0. The zero-order valence-electron chi connectivity index (χ0n) is 11.3. The highest BCUT2D eigenvalue weighted by Gasteiger charge is 2.05. The Hall–Kier alpha value is -2.72. The molecule has 1 heterocycles. The summed E-state index contributed by atoms with van der Waals surface area (Å²) in [6.45, 7) is -0.472. The van der Waals surface area contributed by atoms with Crippen LogP contribution in [0.1, 0.15) is 10.4 Å². The van der Waals surface area contributed by atoms with Crippen LogP contribution in [-0.2, 0) is 0 Å². The first kappa shape index (κ1) is 13.3. The molecule has 0 aliphatic rings. The van der Waals surface area contributed by atoms with Gasteiger partial charge in [0.05, 0.1) is 11.2 Å². The van der Waals surface area contributed by atoms with Gasteiger partial charge in [-0.15, -0.1) is 0 Å². The molecule has 3 rings (SSSR count). The number of aliphatic hydroxyl groups excluding tert-OH is 1. The highest BCUT2D eigenvalue weighted by Crippen LogP contribution is 2.24. The van der Waals surface area contributed by atoms with E-state index >= 15 is 0 Å². The lowest BCUT2D eigenvalue weighted by Crippen LogP contribution is -2.04. The Kier molecular flexibility index (Phi) is 3.62. The molecule has 104 valence electrons. The molecule has 0 atom stereocenters. The van der Waals surface area contributed by atoms with Gasteiger partial charge in [0, 0.05) is 22.8 Å². The molecule has 0 fully saturated rings. The van der Waals surface area contributed by atoms with Crippen LogP contribution in [0.3, 0.4) is 0 Å². The number of rotatable bonds is 4. The third kappa shape index (κ3) is 2.75. The summed E-state index contributed by atoms with van der Waals surface area (Å²) in [6.07, 6.45) is 1.76. The van der Waals surface area contributed by atoms with E-state index in [9.17, 15) is 4.79 Å². The summed E-state index contributed by atoms with van der Waals surface area (Å²) < 4.78 is 0. The molecule has 21 heavy (non-hydrogen) atoms. The third-order valence-electron chi connectivity index (χ3n) is 3.26. The summed E-state index contributed by atoms with van der Waals surface area (Å²) >= 11 is 0. The highest BCUT2D eigenvalue weighted by molar-refractivity contribution is 5.97. The maximum absolute atomic E-state index is 11.4. The van der Waals surface area contributed by atoms with E-state index in [0.29, 0.717) is 5.56 Å². The molecule has 0 bridgehead atoms. The smallest absolute Gasteiger partial charge is 0.188 e. The lowest BCUT2D eigenvalue weighted by molar-refractivity contribution is 0.0904. The standard InChI is InChI=1S/C17H14N2O2/c20-11-16(21)12-6-8-14(9-7-12)19-15-5-1-3-13-4-2-10-18-17(13)15/h1-10,19-20H,11H2. The van der Waals surface area contributed by atoms with Gasteiger partial charge >= 0.3 is 0 Å². The minimum Gasteiger partial charge on any atom is -0.388 e. The Morgan fingerprint density at radius 2 is 1.81 bits per heavy atom. The van der Waals surface area contributed by atoms with E-state index in [1.54, 1.807) is 18.3 Å². The van der Waals surface area contributed by atoms with Gasteiger partial charge in [-0.3, -0.25) is 9.78 Å². The predicted molar refractivity (Wildman–Crippen MR) is 82.9 cm³/mol. The lowest BCUT2D eigenvalue weighted by atomic mass is 10.1. The van der Waals surface area contributed by atoms with Crippen LogP contribution in [0.15, 0.2) is 60.8 Å². The van der Waals surface area contributed by atoms with Crippen molar-refractivity contribution in [1.82, 2.24) is 4.98 Å². The van der Waals surface area contributed by atoms with Crippen LogP contribution >= 0.6 is 0 Å². The van der Waals surface area contributed by atoms with Gasteiger partial charge < -0.3 is 10.4 Å². The van der Waals surface area contributed by atoms with E-state index in [1.165, 1.54) is 0 Å². The van der Waals surface area contributed by atoms with Gasteiger partial charge in [0.25, 0.3) is 0 Å². The first-order valence-corrected chi connectivity index (χ1v) is 6.63. The van der Waals surface area contributed by atoms with Crippen molar-refractivity contribution in [2.45, 2.75) is 0 Å². The van der Waals surface area contributed by atoms with Crippen molar-refractivity contribution in [2.24, 2.45) is 0 Å². The van der Waals surface area contributed by atoms with Crippen LogP contribution in [0, 0.1) is 0 Å². The van der Waals surface area contributed by atoms with Crippen LogP contribution in [0.25, 0.3) is 10.9 Å². The van der Waals surface area contributed by atoms with E-state index < -0.39 is 6.61 Å². The number of benzene rings is 2. The van der Waals surface area contributed by atoms with Crippen LogP contribution in [0.2, 0.25) is 0 Å². The Balaban J connectivity index is 1.90. The van der Waals surface area contributed by atoms with Gasteiger partial charge in [-0.05, 0) is 36.4 Å². The number of Topliss-reactive ketones (excluding diaryl/α,β-unsaturated/α-hetero) is 1. The summed E-state index contributed by atoms with van der Waals surface area (Å²) in [4.78, 5) is 15.8. The molecule has 0 unspecified atom stereocenters. The van der Waals surface area contributed by atoms with E-state index in [2.05, 4.69) is 10.3 Å². The molecule has 0 radical (unpaired) electrons. The van der Waals surface area contributed by atoms with E-state index in [0.717, 1.165) is 22.3 Å². The molecular weight excluding hydrogens is 264 g/mol. The van der Waals surface area contributed by atoms with Crippen LogP contribution in [-0.4, -0.2) is 22.5 Å². The maximum Gasteiger partial charge on any atom is 0.188 e. The summed E-state index contributed by atoms with van der Waals surface area (Å²) in [5, 5.41) is 13.2. The fraction of sp³-hybridized carbons (Fsp3) is 0.0588. The fourth-order valence-corrected chi connectivity index (χ4v) is 2.19. The first-order valence-electron chi connectivity index (χ1n) is 6.63. The molecule has 0 aliphatic carbocycles.